The van der Waals surface area contributed by atoms with Crippen molar-refractivity contribution in [2.75, 3.05) is 33.4 Å². The summed E-state index contributed by atoms with van der Waals surface area (Å²) in [6.07, 6.45) is 0. The van der Waals surface area contributed by atoms with Crippen molar-refractivity contribution in [3.8, 4) is 0 Å². The van der Waals surface area contributed by atoms with Crippen LogP contribution in [0.15, 0.2) is 24.3 Å². The average molecular weight is 236 g/mol. The number of nitrogens with zero attached hydrogens (tertiary/aromatic N) is 1. The SMILES string of the molecule is CCOCCN(C)C(CN)c1cccc(C)c1. The quantitative estimate of drug-likeness (QED) is 0.736. The summed E-state index contributed by atoms with van der Waals surface area (Å²) in [4.78, 5) is 2.25. The van der Waals surface area contributed by atoms with E-state index in [0.29, 0.717) is 6.54 Å². The zero-order valence-corrected chi connectivity index (χ0v) is 11.1. The molecule has 0 aliphatic carbocycles. The lowest BCUT2D eigenvalue weighted by molar-refractivity contribution is 0.108. The average Bonchev–Trinajstić information content (AvgIpc) is 2.30. The first kappa shape index (κ1) is 14.2. The molecule has 2 N–H and O–H groups in total. The molecule has 1 rings (SSSR count). The maximum atomic E-state index is 5.88. The van der Waals surface area contributed by atoms with Crippen LogP contribution < -0.4 is 5.73 Å². The molecule has 1 aromatic carbocycles. The largest absolute Gasteiger partial charge is 0.380 e. The highest BCUT2D eigenvalue weighted by atomic mass is 16.5. The second-order valence-electron chi connectivity index (χ2n) is 4.34. The van der Waals surface area contributed by atoms with E-state index in [1.807, 2.05) is 6.92 Å². The highest BCUT2D eigenvalue weighted by Gasteiger charge is 2.14. The van der Waals surface area contributed by atoms with Gasteiger partial charge < -0.3 is 10.5 Å². The Kier molecular flexibility index (Phi) is 6.19. The van der Waals surface area contributed by atoms with E-state index >= 15 is 0 Å². The van der Waals surface area contributed by atoms with Gasteiger partial charge in [0.05, 0.1) is 6.61 Å². The van der Waals surface area contributed by atoms with Crippen molar-refractivity contribution in [2.24, 2.45) is 5.73 Å². The molecule has 1 unspecified atom stereocenters. The first-order valence-electron chi connectivity index (χ1n) is 6.23. The van der Waals surface area contributed by atoms with Crippen LogP contribution >= 0.6 is 0 Å². The van der Waals surface area contributed by atoms with Crippen LogP contribution in [0, 0.1) is 6.92 Å². The Labute approximate surface area is 105 Å². The minimum atomic E-state index is 0.273. The maximum absolute atomic E-state index is 5.88. The van der Waals surface area contributed by atoms with Crippen molar-refractivity contribution < 1.29 is 4.74 Å². The molecule has 0 bridgehead atoms. The van der Waals surface area contributed by atoms with E-state index in [0.717, 1.165) is 19.8 Å². The molecule has 0 radical (unpaired) electrons. The summed E-state index contributed by atoms with van der Waals surface area (Å²) >= 11 is 0. The Morgan fingerprint density at radius 3 is 2.76 bits per heavy atom. The van der Waals surface area contributed by atoms with Gasteiger partial charge in [-0.25, -0.2) is 0 Å². The first-order valence-corrected chi connectivity index (χ1v) is 6.23. The highest BCUT2D eigenvalue weighted by molar-refractivity contribution is 5.25. The molecule has 0 fully saturated rings. The highest BCUT2D eigenvalue weighted by Crippen LogP contribution is 2.18. The predicted molar refractivity (Wildman–Crippen MR) is 72.1 cm³/mol. The molecule has 0 heterocycles. The monoisotopic (exact) mass is 236 g/mol. The van der Waals surface area contributed by atoms with E-state index in [9.17, 15) is 0 Å². The van der Waals surface area contributed by atoms with Gasteiger partial charge in [-0.1, -0.05) is 29.8 Å². The van der Waals surface area contributed by atoms with Crippen LogP contribution in [0.3, 0.4) is 0 Å². The molecule has 0 saturated heterocycles. The molecule has 1 aromatic rings. The molecule has 3 nitrogen and oxygen atoms in total. The molecule has 0 aromatic heterocycles. The maximum Gasteiger partial charge on any atom is 0.0593 e. The van der Waals surface area contributed by atoms with Crippen molar-refractivity contribution in [3.63, 3.8) is 0 Å². The summed E-state index contributed by atoms with van der Waals surface area (Å²) in [7, 11) is 2.10. The van der Waals surface area contributed by atoms with Crippen molar-refractivity contribution in [1.82, 2.24) is 4.90 Å². The smallest absolute Gasteiger partial charge is 0.0593 e. The molecule has 1 atom stereocenters. The Morgan fingerprint density at radius 2 is 2.18 bits per heavy atom. The zero-order chi connectivity index (χ0) is 12.7. The number of rotatable bonds is 7. The summed E-state index contributed by atoms with van der Waals surface area (Å²) in [5.74, 6) is 0. The summed E-state index contributed by atoms with van der Waals surface area (Å²) in [6, 6.07) is 8.81. The molecule has 0 amide bonds. The minimum absolute atomic E-state index is 0.273. The zero-order valence-electron chi connectivity index (χ0n) is 11.1. The lowest BCUT2D eigenvalue weighted by atomic mass is 10.0. The van der Waals surface area contributed by atoms with Gasteiger partial charge in [0, 0.05) is 25.7 Å². The van der Waals surface area contributed by atoms with Gasteiger partial charge >= 0.3 is 0 Å². The Bertz CT molecular complexity index is 328. The lowest BCUT2D eigenvalue weighted by Crippen LogP contribution is -2.33. The molecule has 3 heteroatoms. The fourth-order valence-electron chi connectivity index (χ4n) is 1.96. The van der Waals surface area contributed by atoms with Crippen LogP contribution in [0.2, 0.25) is 0 Å². The van der Waals surface area contributed by atoms with Crippen molar-refractivity contribution in [2.45, 2.75) is 19.9 Å². The number of hydrogen-bond donors (Lipinski definition) is 1. The van der Waals surface area contributed by atoms with Gasteiger partial charge in [-0.15, -0.1) is 0 Å². The van der Waals surface area contributed by atoms with Gasteiger partial charge in [0.1, 0.15) is 0 Å². The third kappa shape index (κ3) is 4.46. The molecule has 0 aliphatic heterocycles. The Balaban J connectivity index is 2.63. The van der Waals surface area contributed by atoms with Crippen molar-refractivity contribution in [1.29, 1.82) is 0 Å². The van der Waals surface area contributed by atoms with Crippen LogP contribution in [0.4, 0.5) is 0 Å². The topological polar surface area (TPSA) is 38.5 Å². The molecular weight excluding hydrogens is 212 g/mol. The number of aryl methyl sites for hydroxylation is 1. The van der Waals surface area contributed by atoms with Crippen molar-refractivity contribution >= 4 is 0 Å². The van der Waals surface area contributed by atoms with Crippen LogP contribution in [0.5, 0.6) is 0 Å². The second kappa shape index (κ2) is 7.43. The number of ether oxygens (including phenoxy) is 1. The van der Waals surface area contributed by atoms with E-state index in [4.69, 9.17) is 10.5 Å². The molecule has 0 saturated carbocycles. The lowest BCUT2D eigenvalue weighted by Gasteiger charge is -2.27. The van der Waals surface area contributed by atoms with E-state index in [2.05, 4.69) is 43.1 Å². The standard InChI is InChI=1S/C14H24N2O/c1-4-17-9-8-16(3)14(11-15)13-7-5-6-12(2)10-13/h5-7,10,14H,4,8-9,11,15H2,1-3H3. The summed E-state index contributed by atoms with van der Waals surface area (Å²) in [5, 5.41) is 0. The Hall–Kier alpha value is -0.900. The van der Waals surface area contributed by atoms with E-state index < -0.39 is 0 Å². The van der Waals surface area contributed by atoms with Crippen LogP contribution in [0.1, 0.15) is 24.1 Å². The first-order chi connectivity index (χ1) is 8.19. The van der Waals surface area contributed by atoms with E-state index in [1.165, 1.54) is 11.1 Å². The van der Waals surface area contributed by atoms with Crippen LogP contribution in [-0.4, -0.2) is 38.3 Å². The number of likely N-dealkylation sites (N-methyl/N-ethyl adjacent to an activating group) is 1. The predicted octanol–water partition coefficient (Wildman–Crippen LogP) is 1.96. The van der Waals surface area contributed by atoms with E-state index in [-0.39, 0.29) is 6.04 Å². The fourth-order valence-corrected chi connectivity index (χ4v) is 1.96. The normalized spacial score (nSPS) is 13.0. The fraction of sp³-hybridized carbons (Fsp3) is 0.571. The number of hydrogen-bond acceptors (Lipinski definition) is 3. The van der Waals surface area contributed by atoms with Gasteiger partial charge in [0.25, 0.3) is 0 Å². The summed E-state index contributed by atoms with van der Waals surface area (Å²) in [6.45, 7) is 7.19. The van der Waals surface area contributed by atoms with Crippen molar-refractivity contribution in [3.05, 3.63) is 35.4 Å². The third-order valence-corrected chi connectivity index (χ3v) is 2.97. The summed E-state index contributed by atoms with van der Waals surface area (Å²) < 4.78 is 5.38. The number of nitrogens with two attached hydrogens (primary N) is 1. The molecule has 0 spiro atoms. The summed E-state index contributed by atoms with van der Waals surface area (Å²) in [5.41, 5.74) is 8.44. The van der Waals surface area contributed by atoms with Gasteiger partial charge in [0.15, 0.2) is 0 Å². The van der Waals surface area contributed by atoms with Crippen LogP contribution in [0.25, 0.3) is 0 Å². The van der Waals surface area contributed by atoms with Gasteiger partial charge in [-0.05, 0) is 26.5 Å². The molecule has 17 heavy (non-hydrogen) atoms. The third-order valence-electron chi connectivity index (χ3n) is 2.97. The Morgan fingerprint density at radius 1 is 1.41 bits per heavy atom. The minimum Gasteiger partial charge on any atom is -0.380 e. The molecular formula is C14H24N2O. The second-order valence-corrected chi connectivity index (χ2v) is 4.34. The van der Waals surface area contributed by atoms with Crippen LogP contribution in [-0.2, 0) is 4.74 Å². The van der Waals surface area contributed by atoms with Gasteiger partial charge in [0.2, 0.25) is 0 Å². The molecule has 96 valence electrons. The molecule has 0 aliphatic rings. The van der Waals surface area contributed by atoms with Gasteiger partial charge in [-0.3, -0.25) is 4.90 Å². The number of benzene rings is 1. The van der Waals surface area contributed by atoms with E-state index in [1.54, 1.807) is 0 Å². The van der Waals surface area contributed by atoms with Gasteiger partial charge in [-0.2, -0.15) is 0 Å².